The van der Waals surface area contributed by atoms with Gasteiger partial charge in [-0.15, -0.1) is 11.3 Å². The van der Waals surface area contributed by atoms with Gasteiger partial charge in [0.1, 0.15) is 10.2 Å². The van der Waals surface area contributed by atoms with Gasteiger partial charge in [0, 0.05) is 45.5 Å². The molecule has 2 aliphatic heterocycles. The van der Waals surface area contributed by atoms with Crippen molar-refractivity contribution in [2.24, 2.45) is 0 Å². The van der Waals surface area contributed by atoms with E-state index in [1.54, 1.807) is 6.07 Å². The Labute approximate surface area is 172 Å². The Kier molecular flexibility index (Phi) is 5.71. The summed E-state index contributed by atoms with van der Waals surface area (Å²) in [4.78, 5) is 28.2. The fraction of sp³-hybridized carbons (Fsp3) is 0.500. The number of nitrogens with zero attached hydrogens (tertiary/aromatic N) is 5. The lowest BCUT2D eigenvalue weighted by Gasteiger charge is -2.36. The van der Waals surface area contributed by atoms with Crippen LogP contribution in [0.4, 0.5) is 11.8 Å². The number of carbonyl (C=O) groups excluding carboxylic acids is 1. The van der Waals surface area contributed by atoms with E-state index >= 15 is 0 Å². The first-order valence-electron chi connectivity index (χ1n) is 9.19. The zero-order chi connectivity index (χ0) is 18.8. The van der Waals surface area contributed by atoms with E-state index in [2.05, 4.69) is 14.8 Å². The number of carbonyl (C=O) groups is 1. The third kappa shape index (κ3) is 4.15. The monoisotopic (exact) mass is 425 g/mol. The van der Waals surface area contributed by atoms with Crippen molar-refractivity contribution in [3.05, 3.63) is 32.6 Å². The van der Waals surface area contributed by atoms with Crippen molar-refractivity contribution in [2.75, 3.05) is 49.1 Å². The van der Waals surface area contributed by atoms with Crippen LogP contribution in [0.15, 0.2) is 18.3 Å². The van der Waals surface area contributed by atoms with Gasteiger partial charge in [0.05, 0.1) is 9.90 Å². The Morgan fingerprint density at radius 3 is 2.41 bits per heavy atom. The number of piperazine rings is 1. The molecule has 0 aliphatic carbocycles. The quantitative estimate of drug-likeness (QED) is 0.748. The molecule has 0 atom stereocenters. The fourth-order valence-electron chi connectivity index (χ4n) is 3.56. The molecule has 0 saturated carbocycles. The van der Waals surface area contributed by atoms with Crippen LogP contribution in [0.25, 0.3) is 0 Å². The van der Waals surface area contributed by atoms with Gasteiger partial charge in [-0.2, -0.15) is 4.98 Å². The molecule has 4 rings (SSSR count). The maximum Gasteiger partial charge on any atom is 0.256 e. The van der Waals surface area contributed by atoms with Gasteiger partial charge in [-0.3, -0.25) is 4.79 Å². The normalized spacial score (nSPS) is 18.1. The summed E-state index contributed by atoms with van der Waals surface area (Å²) < 4.78 is 0.989. The van der Waals surface area contributed by atoms with Crippen molar-refractivity contribution in [3.8, 4) is 0 Å². The second kappa shape index (κ2) is 8.20. The fourth-order valence-corrected chi connectivity index (χ4v) is 5.00. The topological polar surface area (TPSA) is 52.6 Å². The van der Waals surface area contributed by atoms with Crippen molar-refractivity contribution in [1.82, 2.24) is 14.9 Å². The van der Waals surface area contributed by atoms with Crippen molar-refractivity contribution in [1.29, 1.82) is 0 Å². The smallest absolute Gasteiger partial charge is 0.256 e. The number of aromatic nitrogens is 2. The number of hydrogen-bond acceptors (Lipinski definition) is 6. The summed E-state index contributed by atoms with van der Waals surface area (Å²) in [6, 6.07) is 3.60. The van der Waals surface area contributed by atoms with Gasteiger partial charge in [-0.25, -0.2) is 4.98 Å². The zero-order valence-electron chi connectivity index (χ0n) is 14.9. The van der Waals surface area contributed by atoms with E-state index in [0.717, 1.165) is 37.9 Å². The summed E-state index contributed by atoms with van der Waals surface area (Å²) in [6.07, 6.45) is 5.51. The highest BCUT2D eigenvalue weighted by molar-refractivity contribution is 7.20. The van der Waals surface area contributed by atoms with Crippen molar-refractivity contribution in [3.63, 3.8) is 0 Å². The molecule has 0 aromatic carbocycles. The Balaban J connectivity index is 1.40. The van der Waals surface area contributed by atoms with Crippen molar-refractivity contribution in [2.45, 2.75) is 19.3 Å². The molecular weight excluding hydrogens is 405 g/mol. The molecule has 27 heavy (non-hydrogen) atoms. The Bertz CT molecular complexity index is 816. The van der Waals surface area contributed by atoms with Crippen LogP contribution in [0, 0.1) is 0 Å². The van der Waals surface area contributed by atoms with Crippen molar-refractivity contribution < 1.29 is 4.79 Å². The van der Waals surface area contributed by atoms with Gasteiger partial charge in [0.25, 0.3) is 5.91 Å². The molecule has 144 valence electrons. The largest absolute Gasteiger partial charge is 0.353 e. The van der Waals surface area contributed by atoms with Crippen LogP contribution in [0.5, 0.6) is 0 Å². The maximum absolute atomic E-state index is 12.7. The molecule has 6 nitrogen and oxygen atoms in total. The lowest BCUT2D eigenvalue weighted by molar-refractivity contribution is 0.0747. The number of amides is 1. The molecule has 0 unspecified atom stereocenters. The average molecular weight is 426 g/mol. The first-order chi connectivity index (χ1) is 13.1. The number of anilines is 2. The van der Waals surface area contributed by atoms with Gasteiger partial charge in [-0.1, -0.05) is 23.2 Å². The number of piperidine rings is 1. The summed E-state index contributed by atoms with van der Waals surface area (Å²) in [5.74, 6) is 1.68. The highest BCUT2D eigenvalue weighted by Crippen LogP contribution is 2.32. The van der Waals surface area contributed by atoms with Gasteiger partial charge in [0.15, 0.2) is 0 Å². The van der Waals surface area contributed by atoms with E-state index < -0.39 is 0 Å². The van der Waals surface area contributed by atoms with E-state index in [1.807, 2.05) is 17.2 Å². The molecule has 2 aromatic rings. The SMILES string of the molecule is O=C(c1cc(Cl)sc1Cl)N1CCN(c2ccnc(N3CCCCC3)n2)CC1. The molecule has 0 radical (unpaired) electrons. The molecule has 0 bridgehead atoms. The van der Waals surface area contributed by atoms with Gasteiger partial charge in [0.2, 0.25) is 5.95 Å². The minimum Gasteiger partial charge on any atom is -0.353 e. The maximum atomic E-state index is 12.7. The van der Waals surface area contributed by atoms with Gasteiger partial charge >= 0.3 is 0 Å². The summed E-state index contributed by atoms with van der Waals surface area (Å²) in [7, 11) is 0. The molecule has 9 heteroatoms. The molecule has 2 saturated heterocycles. The third-order valence-corrected chi connectivity index (χ3v) is 6.53. The highest BCUT2D eigenvalue weighted by Gasteiger charge is 2.26. The van der Waals surface area contributed by atoms with E-state index in [-0.39, 0.29) is 5.91 Å². The molecule has 0 spiro atoms. The first-order valence-corrected chi connectivity index (χ1v) is 10.8. The highest BCUT2D eigenvalue weighted by atomic mass is 35.5. The Hall–Kier alpha value is -1.57. The molecule has 4 heterocycles. The summed E-state index contributed by atoms with van der Waals surface area (Å²) in [5, 5.41) is 0. The number of halogens is 2. The molecule has 2 aliphatic rings. The van der Waals surface area contributed by atoms with Gasteiger partial charge in [-0.05, 0) is 31.4 Å². The lowest BCUT2D eigenvalue weighted by Crippen LogP contribution is -2.49. The number of thiophene rings is 1. The van der Waals surface area contributed by atoms with Gasteiger partial charge < -0.3 is 14.7 Å². The summed E-state index contributed by atoms with van der Waals surface area (Å²) in [5.41, 5.74) is 0.495. The van der Waals surface area contributed by atoms with Crippen LogP contribution in [0.3, 0.4) is 0 Å². The minimum atomic E-state index is -0.0560. The number of hydrogen-bond donors (Lipinski definition) is 0. The molecule has 2 fully saturated rings. The Morgan fingerprint density at radius 2 is 1.74 bits per heavy atom. The second-order valence-electron chi connectivity index (χ2n) is 6.78. The predicted octanol–water partition coefficient (Wildman–Crippen LogP) is 3.80. The molecular formula is C18H21Cl2N5OS. The van der Waals surface area contributed by atoms with Crippen molar-refractivity contribution >= 4 is 52.2 Å². The van der Waals surface area contributed by atoms with Crippen LogP contribution in [-0.4, -0.2) is 60.0 Å². The van der Waals surface area contributed by atoms with Crippen LogP contribution in [0.1, 0.15) is 29.6 Å². The van der Waals surface area contributed by atoms with E-state index in [9.17, 15) is 4.79 Å². The third-order valence-electron chi connectivity index (χ3n) is 5.05. The first kappa shape index (κ1) is 18.8. The van der Waals surface area contributed by atoms with E-state index in [0.29, 0.717) is 27.3 Å². The molecule has 2 aromatic heterocycles. The van der Waals surface area contributed by atoms with E-state index in [1.165, 1.54) is 30.6 Å². The second-order valence-corrected chi connectivity index (χ2v) is 9.07. The lowest BCUT2D eigenvalue weighted by atomic mass is 10.1. The Morgan fingerprint density at radius 1 is 1.00 bits per heavy atom. The predicted molar refractivity (Wildman–Crippen MR) is 111 cm³/mol. The minimum absolute atomic E-state index is 0.0560. The average Bonchev–Trinajstić information content (AvgIpc) is 3.06. The van der Waals surface area contributed by atoms with Crippen LogP contribution >= 0.6 is 34.5 Å². The van der Waals surface area contributed by atoms with Crippen LogP contribution in [0.2, 0.25) is 8.67 Å². The molecule has 0 N–H and O–H groups in total. The summed E-state index contributed by atoms with van der Waals surface area (Å²) in [6.45, 7) is 4.78. The zero-order valence-corrected chi connectivity index (χ0v) is 17.2. The molecule has 1 amide bonds. The van der Waals surface area contributed by atoms with Crippen LogP contribution < -0.4 is 9.80 Å². The van der Waals surface area contributed by atoms with E-state index in [4.69, 9.17) is 28.2 Å². The number of rotatable bonds is 3. The van der Waals surface area contributed by atoms with Crippen LogP contribution in [-0.2, 0) is 0 Å². The standard InChI is InChI=1S/C18H21Cl2N5OS/c19-14-12-13(16(20)27-14)17(26)24-10-8-23(9-11-24)15-4-5-21-18(22-15)25-6-2-1-3-7-25/h4-5,12H,1-3,6-11H2. The summed E-state index contributed by atoms with van der Waals surface area (Å²) >= 11 is 13.3.